The minimum Gasteiger partial charge on any atom is -0.0950 e. The molecule has 0 N–H and O–H groups in total. The molecule has 0 spiro atoms. The maximum atomic E-state index is 4.43. The van der Waals surface area contributed by atoms with Crippen LogP contribution in [-0.4, -0.2) is 0 Å². The van der Waals surface area contributed by atoms with Crippen molar-refractivity contribution in [3.05, 3.63) is 78.4 Å². The average Bonchev–Trinajstić information content (AvgIpc) is 2.72. The summed E-state index contributed by atoms with van der Waals surface area (Å²) in [5.41, 5.74) is 4.16. The molecular formula is C27H38. The van der Waals surface area contributed by atoms with Crippen molar-refractivity contribution in [2.24, 2.45) is 11.8 Å². The van der Waals surface area contributed by atoms with Crippen LogP contribution in [0, 0.1) is 11.8 Å². The monoisotopic (exact) mass is 362 g/mol. The minimum atomic E-state index is 0.642. The lowest BCUT2D eigenvalue weighted by Gasteiger charge is -2.20. The van der Waals surface area contributed by atoms with E-state index in [-0.39, 0.29) is 0 Å². The highest BCUT2D eigenvalue weighted by Gasteiger charge is 2.13. The second-order valence-corrected chi connectivity index (χ2v) is 7.98. The fourth-order valence-corrected chi connectivity index (χ4v) is 4.13. The molecule has 0 aromatic heterocycles. The maximum absolute atomic E-state index is 4.43. The van der Waals surface area contributed by atoms with Crippen LogP contribution in [0.2, 0.25) is 0 Å². The van der Waals surface area contributed by atoms with Gasteiger partial charge in [-0.25, -0.2) is 0 Å². The Hall–Kier alpha value is -1.82. The second kappa shape index (κ2) is 12.5. The van der Waals surface area contributed by atoms with Crippen LogP contribution in [0.4, 0.5) is 0 Å². The quantitative estimate of drug-likeness (QED) is 0.314. The molecule has 0 heteroatoms. The molecule has 0 fully saturated rings. The summed E-state index contributed by atoms with van der Waals surface area (Å²) in [6.45, 7) is 9.07. The molecule has 0 saturated carbocycles. The maximum Gasteiger partial charge on any atom is -0.0162 e. The summed E-state index contributed by atoms with van der Waals surface area (Å²) in [5.74, 6) is 1.47. The lowest BCUT2D eigenvalue weighted by Crippen LogP contribution is -2.05. The van der Waals surface area contributed by atoms with Gasteiger partial charge in [-0.1, -0.05) is 120 Å². The van der Waals surface area contributed by atoms with E-state index in [4.69, 9.17) is 0 Å². The van der Waals surface area contributed by atoms with Crippen molar-refractivity contribution in [2.75, 3.05) is 0 Å². The van der Waals surface area contributed by atoms with Crippen molar-refractivity contribution in [1.82, 2.24) is 0 Å². The molecule has 146 valence electrons. The Balaban J connectivity index is 1.72. The number of hydrogen-bond acceptors (Lipinski definition) is 0. The molecule has 2 aromatic rings. The molecule has 2 aromatic carbocycles. The van der Waals surface area contributed by atoms with Gasteiger partial charge in [-0.3, -0.25) is 0 Å². The van der Waals surface area contributed by atoms with E-state index >= 15 is 0 Å². The molecular weight excluding hydrogens is 324 g/mol. The van der Waals surface area contributed by atoms with Crippen LogP contribution in [0.5, 0.6) is 0 Å². The fraction of sp³-hybridized carbons (Fsp3) is 0.481. The largest absolute Gasteiger partial charge is 0.0950 e. The van der Waals surface area contributed by atoms with E-state index in [0.717, 1.165) is 5.92 Å². The molecule has 0 amide bonds. The van der Waals surface area contributed by atoms with Crippen LogP contribution in [-0.2, 0) is 6.42 Å². The second-order valence-electron chi connectivity index (χ2n) is 7.98. The van der Waals surface area contributed by atoms with Crippen molar-refractivity contribution in [3.8, 4) is 0 Å². The SMILES string of the molecule is C=C(c1ccccc1)C(CCC)CCCCCC(CC)Cc1ccccc1. The van der Waals surface area contributed by atoms with Crippen LogP contribution in [0.25, 0.3) is 5.57 Å². The molecule has 0 nitrogen and oxygen atoms in total. The summed E-state index contributed by atoms with van der Waals surface area (Å²) in [5, 5.41) is 0. The predicted molar refractivity (Wildman–Crippen MR) is 121 cm³/mol. The molecule has 0 aliphatic heterocycles. The smallest absolute Gasteiger partial charge is 0.0162 e. The molecule has 0 aliphatic rings. The van der Waals surface area contributed by atoms with E-state index in [0.29, 0.717) is 5.92 Å². The topological polar surface area (TPSA) is 0 Å². The van der Waals surface area contributed by atoms with Crippen molar-refractivity contribution in [1.29, 1.82) is 0 Å². The van der Waals surface area contributed by atoms with Gasteiger partial charge in [-0.05, 0) is 47.8 Å². The number of unbranched alkanes of at least 4 members (excludes halogenated alkanes) is 2. The molecule has 27 heavy (non-hydrogen) atoms. The van der Waals surface area contributed by atoms with Gasteiger partial charge in [-0.2, -0.15) is 0 Å². The normalized spacial score (nSPS) is 13.3. The van der Waals surface area contributed by atoms with Crippen molar-refractivity contribution in [3.63, 3.8) is 0 Å². The lowest BCUT2D eigenvalue weighted by molar-refractivity contribution is 0.428. The Morgan fingerprint density at radius 3 is 2.04 bits per heavy atom. The molecule has 2 atom stereocenters. The highest BCUT2D eigenvalue weighted by Crippen LogP contribution is 2.30. The standard InChI is InChI=1S/C27H38/c1-4-15-26(23(3)27-20-13-8-14-21-27)19-12-7-9-16-24(5-2)22-25-17-10-6-11-18-25/h6,8,10-11,13-14,17-18,20-21,24,26H,3-5,7,9,12,15-16,19,22H2,1-2H3. The zero-order valence-electron chi connectivity index (χ0n) is 17.5. The molecule has 0 aliphatic carbocycles. The Morgan fingerprint density at radius 1 is 0.778 bits per heavy atom. The molecule has 0 bridgehead atoms. The molecule has 0 heterocycles. The van der Waals surface area contributed by atoms with Gasteiger partial charge in [0.15, 0.2) is 0 Å². The van der Waals surface area contributed by atoms with E-state index in [2.05, 4.69) is 81.1 Å². The summed E-state index contributed by atoms with van der Waals surface area (Å²) >= 11 is 0. The molecule has 0 saturated heterocycles. The predicted octanol–water partition coefficient (Wildman–Crippen LogP) is 8.34. The minimum absolute atomic E-state index is 0.642. The Morgan fingerprint density at radius 2 is 1.41 bits per heavy atom. The number of benzene rings is 2. The first-order valence-electron chi connectivity index (χ1n) is 11.0. The van der Waals surface area contributed by atoms with Crippen molar-refractivity contribution < 1.29 is 0 Å². The van der Waals surface area contributed by atoms with Gasteiger partial charge in [-0.15, -0.1) is 0 Å². The van der Waals surface area contributed by atoms with E-state index in [1.165, 1.54) is 74.5 Å². The van der Waals surface area contributed by atoms with Gasteiger partial charge in [0.05, 0.1) is 0 Å². The van der Waals surface area contributed by atoms with E-state index < -0.39 is 0 Å². The van der Waals surface area contributed by atoms with Gasteiger partial charge in [0.1, 0.15) is 0 Å². The van der Waals surface area contributed by atoms with E-state index in [9.17, 15) is 0 Å². The number of rotatable bonds is 13. The summed E-state index contributed by atoms with van der Waals surface area (Å²) in [7, 11) is 0. The van der Waals surface area contributed by atoms with Crippen LogP contribution in [0.1, 0.15) is 76.3 Å². The van der Waals surface area contributed by atoms with Crippen LogP contribution >= 0.6 is 0 Å². The first-order valence-corrected chi connectivity index (χ1v) is 11.0. The van der Waals surface area contributed by atoms with E-state index in [1.54, 1.807) is 0 Å². The highest BCUT2D eigenvalue weighted by molar-refractivity contribution is 5.65. The first kappa shape index (κ1) is 21.5. The zero-order valence-corrected chi connectivity index (χ0v) is 17.5. The first-order chi connectivity index (χ1) is 13.2. The zero-order chi connectivity index (χ0) is 19.3. The Labute approximate surface area is 167 Å². The van der Waals surface area contributed by atoms with E-state index in [1.807, 2.05) is 0 Å². The third-order valence-electron chi connectivity index (χ3n) is 5.88. The molecule has 2 unspecified atom stereocenters. The van der Waals surface area contributed by atoms with Crippen LogP contribution in [0.3, 0.4) is 0 Å². The highest BCUT2D eigenvalue weighted by atomic mass is 14.2. The number of hydrogen-bond donors (Lipinski definition) is 0. The van der Waals surface area contributed by atoms with Gasteiger partial charge in [0.25, 0.3) is 0 Å². The summed E-state index contributed by atoms with van der Waals surface area (Å²) < 4.78 is 0. The molecule has 0 radical (unpaired) electrons. The van der Waals surface area contributed by atoms with Crippen LogP contribution in [0.15, 0.2) is 67.2 Å². The molecule has 2 rings (SSSR count). The van der Waals surface area contributed by atoms with Crippen molar-refractivity contribution >= 4 is 5.57 Å². The third-order valence-corrected chi connectivity index (χ3v) is 5.88. The number of allylic oxidation sites excluding steroid dienone is 1. The third kappa shape index (κ3) is 7.75. The fourth-order valence-electron chi connectivity index (χ4n) is 4.13. The Bertz CT molecular complexity index is 626. The van der Waals surface area contributed by atoms with Gasteiger partial charge >= 0.3 is 0 Å². The summed E-state index contributed by atoms with van der Waals surface area (Å²) in [6, 6.07) is 21.7. The average molecular weight is 363 g/mol. The summed E-state index contributed by atoms with van der Waals surface area (Å²) in [6.07, 6.45) is 11.7. The van der Waals surface area contributed by atoms with Crippen LogP contribution < -0.4 is 0 Å². The summed E-state index contributed by atoms with van der Waals surface area (Å²) in [4.78, 5) is 0. The van der Waals surface area contributed by atoms with Gasteiger partial charge in [0.2, 0.25) is 0 Å². The Kier molecular flexibility index (Phi) is 9.98. The van der Waals surface area contributed by atoms with Gasteiger partial charge in [0, 0.05) is 0 Å². The lowest BCUT2D eigenvalue weighted by atomic mass is 9.85. The van der Waals surface area contributed by atoms with Gasteiger partial charge < -0.3 is 0 Å². The van der Waals surface area contributed by atoms with Crippen molar-refractivity contribution in [2.45, 2.75) is 71.6 Å².